The first-order valence-electron chi connectivity index (χ1n) is 14.9. The first-order chi connectivity index (χ1) is 16.2. The van der Waals surface area contributed by atoms with E-state index in [1.807, 2.05) is 5.57 Å². The second kappa shape index (κ2) is 9.40. The molecule has 0 unspecified atom stereocenters. The van der Waals surface area contributed by atoms with E-state index < -0.39 is 0 Å². The Morgan fingerprint density at radius 3 is 2.44 bits per heavy atom. The van der Waals surface area contributed by atoms with Gasteiger partial charge in [-0.1, -0.05) is 65.5 Å². The first-order valence-corrected chi connectivity index (χ1v) is 14.9. The molecule has 0 radical (unpaired) electrons. The van der Waals surface area contributed by atoms with Crippen molar-refractivity contribution in [2.75, 3.05) is 0 Å². The number of fused-ring (bicyclic) bond motifs is 5. The lowest BCUT2D eigenvalue weighted by atomic mass is 9.47. The smallest absolute Gasteiger partial charge is 0.169 e. The Bertz CT molecular complexity index is 880. The molecule has 4 aliphatic carbocycles. The lowest BCUT2D eigenvalue weighted by molar-refractivity contribution is -0.725. The quantitative estimate of drug-likeness (QED) is 0.293. The molecular formula is C33H52N+. The maximum atomic E-state index is 2.76. The van der Waals surface area contributed by atoms with Crippen LogP contribution in [0.1, 0.15) is 117 Å². The number of hydrogen-bond donors (Lipinski definition) is 0. The summed E-state index contributed by atoms with van der Waals surface area (Å²) in [7, 11) is 0. The number of pyridine rings is 1. The minimum Gasteiger partial charge on any atom is -0.202 e. The van der Waals surface area contributed by atoms with E-state index >= 15 is 0 Å². The standard InChI is InChI=1S/C33H52N/c1-23(2)8-7-9-25(4)29-12-13-30-28-11-10-26-22-27(34-20-16-24(3)17-21-34)14-18-32(26,5)31(28)15-19-33(29,30)6/h10,16-17,20-21,23,25,27-31H,7-9,11-15,18-19,22H2,1-6H3/q+1/t25-,27+,28-,29+,30-,31-,32-,33+/m0/s1. The average Bonchev–Trinajstić information content (AvgIpc) is 3.16. The van der Waals surface area contributed by atoms with Gasteiger partial charge in [-0.15, -0.1) is 0 Å². The molecule has 8 atom stereocenters. The third kappa shape index (κ3) is 4.22. The third-order valence-corrected chi connectivity index (χ3v) is 11.7. The van der Waals surface area contributed by atoms with Gasteiger partial charge < -0.3 is 0 Å². The highest BCUT2D eigenvalue weighted by atomic mass is 15.0. The molecule has 0 aromatic carbocycles. The van der Waals surface area contributed by atoms with Crippen LogP contribution in [0.4, 0.5) is 0 Å². The zero-order valence-corrected chi connectivity index (χ0v) is 23.2. The summed E-state index contributed by atoms with van der Waals surface area (Å²) in [6.07, 6.45) is 23.1. The second-order valence-electron chi connectivity index (χ2n) is 14.0. The Hall–Kier alpha value is -1.11. The van der Waals surface area contributed by atoms with Crippen LogP contribution in [0.2, 0.25) is 0 Å². The van der Waals surface area contributed by atoms with Gasteiger partial charge in [0.1, 0.15) is 0 Å². The molecule has 0 aliphatic heterocycles. The van der Waals surface area contributed by atoms with E-state index in [-0.39, 0.29) is 0 Å². The van der Waals surface area contributed by atoms with Crippen LogP contribution in [0.5, 0.6) is 0 Å². The predicted octanol–water partition coefficient (Wildman–Crippen LogP) is 8.87. The molecule has 1 nitrogen and oxygen atoms in total. The van der Waals surface area contributed by atoms with Crippen LogP contribution in [0.25, 0.3) is 0 Å². The maximum absolute atomic E-state index is 2.76. The van der Waals surface area contributed by atoms with Gasteiger partial charge in [0.2, 0.25) is 0 Å². The van der Waals surface area contributed by atoms with Gasteiger partial charge in [0.05, 0.1) is 0 Å². The fourth-order valence-electron chi connectivity index (χ4n) is 9.68. The molecule has 0 bridgehead atoms. The number of nitrogens with zero attached hydrogens (tertiary/aromatic N) is 1. The first kappa shape index (κ1) is 24.6. The third-order valence-electron chi connectivity index (χ3n) is 11.7. The van der Waals surface area contributed by atoms with Crippen molar-refractivity contribution in [1.29, 1.82) is 0 Å². The number of hydrogen-bond acceptors (Lipinski definition) is 0. The molecule has 3 saturated carbocycles. The molecule has 1 heteroatoms. The lowest BCUT2D eigenvalue weighted by Gasteiger charge is -2.58. The molecule has 0 spiro atoms. The lowest BCUT2D eigenvalue weighted by Crippen LogP contribution is -2.52. The highest BCUT2D eigenvalue weighted by molar-refractivity contribution is 5.25. The van der Waals surface area contributed by atoms with Gasteiger partial charge in [-0.25, -0.2) is 4.57 Å². The molecule has 1 aromatic rings. The van der Waals surface area contributed by atoms with Gasteiger partial charge in [-0.2, -0.15) is 0 Å². The van der Waals surface area contributed by atoms with Crippen molar-refractivity contribution >= 4 is 0 Å². The number of aromatic nitrogens is 1. The minimum atomic E-state index is 0.465. The maximum Gasteiger partial charge on any atom is 0.169 e. The van der Waals surface area contributed by atoms with Gasteiger partial charge in [0.15, 0.2) is 18.4 Å². The Kier molecular flexibility index (Phi) is 6.80. The monoisotopic (exact) mass is 462 g/mol. The van der Waals surface area contributed by atoms with E-state index in [1.165, 1.54) is 76.2 Å². The van der Waals surface area contributed by atoms with Crippen molar-refractivity contribution in [3.8, 4) is 0 Å². The van der Waals surface area contributed by atoms with E-state index in [0.29, 0.717) is 16.9 Å². The molecule has 188 valence electrons. The molecule has 3 fully saturated rings. The van der Waals surface area contributed by atoms with Crippen LogP contribution in [0.3, 0.4) is 0 Å². The molecule has 0 amide bonds. The molecule has 5 rings (SSSR count). The van der Waals surface area contributed by atoms with Crippen LogP contribution in [0.15, 0.2) is 36.2 Å². The van der Waals surface area contributed by atoms with E-state index in [1.54, 1.807) is 0 Å². The van der Waals surface area contributed by atoms with Gasteiger partial charge in [0.25, 0.3) is 0 Å². The van der Waals surface area contributed by atoms with Crippen LogP contribution < -0.4 is 4.57 Å². The average molecular weight is 463 g/mol. The Morgan fingerprint density at radius 2 is 1.71 bits per heavy atom. The summed E-state index contributed by atoms with van der Waals surface area (Å²) in [5.41, 5.74) is 4.26. The van der Waals surface area contributed by atoms with Crippen LogP contribution in [0, 0.1) is 53.3 Å². The van der Waals surface area contributed by atoms with Crippen molar-refractivity contribution in [3.63, 3.8) is 0 Å². The molecule has 34 heavy (non-hydrogen) atoms. The highest BCUT2D eigenvalue weighted by Gasteiger charge is 2.59. The van der Waals surface area contributed by atoms with Crippen molar-refractivity contribution < 1.29 is 4.57 Å². The van der Waals surface area contributed by atoms with Gasteiger partial charge in [-0.3, -0.25) is 0 Å². The Labute approximate surface area is 210 Å². The van der Waals surface area contributed by atoms with Gasteiger partial charge >= 0.3 is 0 Å². The summed E-state index contributed by atoms with van der Waals surface area (Å²) in [6.45, 7) is 15.0. The molecular weight excluding hydrogens is 410 g/mol. The summed E-state index contributed by atoms with van der Waals surface area (Å²) in [5, 5.41) is 0. The fourth-order valence-corrected chi connectivity index (χ4v) is 9.68. The molecule has 0 saturated heterocycles. The zero-order valence-electron chi connectivity index (χ0n) is 23.2. The summed E-state index contributed by atoms with van der Waals surface area (Å²) in [5.74, 6) is 5.60. The van der Waals surface area contributed by atoms with E-state index in [2.05, 4.69) is 76.7 Å². The Morgan fingerprint density at radius 1 is 0.941 bits per heavy atom. The minimum absolute atomic E-state index is 0.465. The number of allylic oxidation sites excluding steroid dienone is 2. The Balaban J connectivity index is 1.30. The SMILES string of the molecule is Cc1cc[n+]([C@@H]2CC[C@@]3(C)C(=CC[C@H]4[C@@H]5CC[C@H]([C@@H](C)CCCC(C)C)[C@@]5(C)CC[C@@H]43)C2)cc1. The van der Waals surface area contributed by atoms with Crippen molar-refractivity contribution in [1.82, 2.24) is 0 Å². The predicted molar refractivity (Wildman–Crippen MR) is 143 cm³/mol. The zero-order chi connectivity index (χ0) is 24.1. The molecule has 4 aliphatic rings. The largest absolute Gasteiger partial charge is 0.202 e. The molecule has 1 aromatic heterocycles. The highest BCUT2D eigenvalue weighted by Crippen LogP contribution is 2.67. The van der Waals surface area contributed by atoms with Crippen LogP contribution in [-0.2, 0) is 0 Å². The van der Waals surface area contributed by atoms with Gasteiger partial charge in [0, 0.05) is 25.0 Å². The summed E-state index contributed by atoms with van der Waals surface area (Å²) in [6, 6.07) is 5.22. The molecule has 1 heterocycles. The summed E-state index contributed by atoms with van der Waals surface area (Å²) in [4.78, 5) is 0. The molecule has 0 N–H and O–H groups in total. The topological polar surface area (TPSA) is 3.88 Å². The van der Waals surface area contributed by atoms with Crippen LogP contribution >= 0.6 is 0 Å². The van der Waals surface area contributed by atoms with Crippen molar-refractivity contribution in [2.45, 2.75) is 118 Å². The normalized spacial score (nSPS) is 40.3. The second-order valence-corrected chi connectivity index (χ2v) is 14.0. The number of rotatable bonds is 6. The van der Waals surface area contributed by atoms with Crippen molar-refractivity contribution in [3.05, 3.63) is 41.7 Å². The van der Waals surface area contributed by atoms with Gasteiger partial charge in [-0.05, 0) is 97.3 Å². The summed E-state index contributed by atoms with van der Waals surface area (Å²) < 4.78 is 2.50. The summed E-state index contributed by atoms with van der Waals surface area (Å²) >= 11 is 0. The van der Waals surface area contributed by atoms with Crippen molar-refractivity contribution in [2.24, 2.45) is 46.3 Å². The van der Waals surface area contributed by atoms with E-state index in [4.69, 9.17) is 0 Å². The number of aryl methyl sites for hydroxylation is 1. The fraction of sp³-hybridized carbons (Fsp3) is 0.788. The van der Waals surface area contributed by atoms with E-state index in [9.17, 15) is 0 Å². The van der Waals surface area contributed by atoms with Crippen LogP contribution in [-0.4, -0.2) is 0 Å². The van der Waals surface area contributed by atoms with E-state index in [0.717, 1.165) is 35.5 Å².